The topological polar surface area (TPSA) is 39.2 Å². The molecule has 3 heteroatoms. The fourth-order valence-electron chi connectivity index (χ4n) is 3.56. The zero-order valence-corrected chi connectivity index (χ0v) is 19.2. The maximum absolute atomic E-state index is 12.4. The van der Waals surface area contributed by atoms with Crippen LogP contribution < -0.4 is 4.74 Å². The van der Waals surface area contributed by atoms with Crippen molar-refractivity contribution in [1.29, 1.82) is 0 Å². The van der Waals surface area contributed by atoms with Gasteiger partial charge >= 0.3 is 5.97 Å². The summed E-state index contributed by atoms with van der Waals surface area (Å²) in [5.41, 5.74) is 2.82. The second-order valence-corrected chi connectivity index (χ2v) is 8.53. The first-order valence-electron chi connectivity index (χ1n) is 11.9. The average molecular weight is 410 g/mol. The Hall–Kier alpha value is -2.16. The van der Waals surface area contributed by atoms with Crippen molar-refractivity contribution < 1.29 is 9.53 Å². The molecule has 0 aliphatic carbocycles. The number of nitrogens with zero attached hydrogens (tertiary/aromatic N) is 1. The van der Waals surface area contributed by atoms with Crippen LogP contribution in [-0.2, 0) is 12.8 Å². The predicted molar refractivity (Wildman–Crippen MR) is 125 cm³/mol. The third-order valence-electron chi connectivity index (χ3n) is 5.77. The molecule has 1 atom stereocenters. The first-order valence-corrected chi connectivity index (χ1v) is 11.9. The van der Waals surface area contributed by atoms with E-state index in [1.54, 1.807) is 6.07 Å². The minimum Gasteiger partial charge on any atom is -0.422 e. The van der Waals surface area contributed by atoms with Gasteiger partial charge in [0.15, 0.2) is 0 Å². The first kappa shape index (κ1) is 24.1. The Bertz CT molecular complexity index is 722. The van der Waals surface area contributed by atoms with Crippen molar-refractivity contribution in [3.05, 3.63) is 59.4 Å². The zero-order valence-electron chi connectivity index (χ0n) is 19.2. The molecule has 1 aromatic heterocycles. The van der Waals surface area contributed by atoms with Crippen LogP contribution in [0, 0.1) is 5.92 Å². The lowest BCUT2D eigenvalue weighted by molar-refractivity contribution is 0.0728. The van der Waals surface area contributed by atoms with Crippen molar-refractivity contribution >= 4 is 5.97 Å². The Kier molecular flexibility index (Phi) is 11.2. The van der Waals surface area contributed by atoms with Crippen molar-refractivity contribution in [3.8, 4) is 5.75 Å². The molecule has 0 aliphatic heterocycles. The number of rotatable bonds is 14. The van der Waals surface area contributed by atoms with Crippen molar-refractivity contribution in [2.75, 3.05) is 0 Å². The molecule has 164 valence electrons. The maximum atomic E-state index is 12.4. The van der Waals surface area contributed by atoms with E-state index in [4.69, 9.17) is 4.74 Å². The third kappa shape index (κ3) is 9.11. The molecule has 0 amide bonds. The van der Waals surface area contributed by atoms with Gasteiger partial charge in [-0.25, -0.2) is 9.78 Å². The molecule has 0 aliphatic rings. The summed E-state index contributed by atoms with van der Waals surface area (Å²) in [6.07, 6.45) is 15.6. The normalized spacial score (nSPS) is 12.0. The van der Waals surface area contributed by atoms with Gasteiger partial charge in [-0.3, -0.25) is 0 Å². The van der Waals surface area contributed by atoms with Gasteiger partial charge in [0.2, 0.25) is 0 Å². The smallest absolute Gasteiger partial charge is 0.362 e. The maximum Gasteiger partial charge on any atom is 0.362 e. The van der Waals surface area contributed by atoms with Gasteiger partial charge in [-0.2, -0.15) is 0 Å². The number of esters is 1. The largest absolute Gasteiger partial charge is 0.422 e. The number of aryl methyl sites for hydroxylation is 1. The van der Waals surface area contributed by atoms with E-state index >= 15 is 0 Å². The molecule has 30 heavy (non-hydrogen) atoms. The zero-order chi connectivity index (χ0) is 21.6. The molecule has 0 spiro atoms. The highest BCUT2D eigenvalue weighted by atomic mass is 16.5. The van der Waals surface area contributed by atoms with Crippen LogP contribution in [0.25, 0.3) is 0 Å². The highest BCUT2D eigenvalue weighted by molar-refractivity contribution is 5.88. The second-order valence-electron chi connectivity index (χ2n) is 8.53. The average Bonchev–Trinajstić information content (AvgIpc) is 2.77. The highest BCUT2D eigenvalue weighted by Gasteiger charge is 2.10. The number of aromatic nitrogens is 1. The van der Waals surface area contributed by atoms with Crippen LogP contribution in [0.4, 0.5) is 0 Å². The lowest BCUT2D eigenvalue weighted by Crippen LogP contribution is -2.10. The molecule has 2 rings (SSSR count). The van der Waals surface area contributed by atoms with E-state index in [-0.39, 0.29) is 0 Å². The van der Waals surface area contributed by atoms with Crippen LogP contribution in [0.2, 0.25) is 0 Å². The molecule has 2 aromatic rings. The van der Waals surface area contributed by atoms with Gasteiger partial charge in [-0.05, 0) is 54.5 Å². The molecule has 3 nitrogen and oxygen atoms in total. The minimum atomic E-state index is -0.400. The highest BCUT2D eigenvalue weighted by Crippen LogP contribution is 2.18. The number of ether oxygens (including phenoxy) is 1. The third-order valence-corrected chi connectivity index (χ3v) is 5.77. The van der Waals surface area contributed by atoms with E-state index in [1.165, 1.54) is 62.5 Å². The molecular formula is C27H39NO2. The van der Waals surface area contributed by atoms with Crippen molar-refractivity contribution in [2.45, 2.75) is 91.4 Å². The van der Waals surface area contributed by atoms with Crippen LogP contribution >= 0.6 is 0 Å². The van der Waals surface area contributed by atoms with Crippen LogP contribution in [0.3, 0.4) is 0 Å². The molecule has 1 aromatic carbocycles. The number of carbonyl (C=O) groups excluding carboxylic acids is 1. The van der Waals surface area contributed by atoms with Crippen molar-refractivity contribution in [2.24, 2.45) is 5.92 Å². The summed E-state index contributed by atoms with van der Waals surface area (Å²) in [5, 5.41) is 0. The van der Waals surface area contributed by atoms with Crippen LogP contribution in [-0.4, -0.2) is 11.0 Å². The Morgan fingerprint density at radius 1 is 0.867 bits per heavy atom. The number of hydrogen-bond donors (Lipinski definition) is 0. The van der Waals surface area contributed by atoms with Crippen LogP contribution in [0.15, 0.2) is 42.6 Å². The monoisotopic (exact) mass is 409 g/mol. The summed E-state index contributed by atoms with van der Waals surface area (Å²) in [6, 6.07) is 11.6. The molecule has 1 heterocycles. The van der Waals surface area contributed by atoms with E-state index in [1.807, 2.05) is 36.5 Å². The number of carbonyl (C=O) groups is 1. The van der Waals surface area contributed by atoms with Gasteiger partial charge in [0.25, 0.3) is 0 Å². The lowest BCUT2D eigenvalue weighted by atomic mass is 9.99. The van der Waals surface area contributed by atoms with Crippen molar-refractivity contribution in [1.82, 2.24) is 4.98 Å². The Morgan fingerprint density at radius 2 is 1.50 bits per heavy atom. The van der Waals surface area contributed by atoms with Gasteiger partial charge in [0.05, 0.1) is 0 Å². The van der Waals surface area contributed by atoms with Gasteiger partial charge in [-0.1, -0.05) is 90.3 Å². The molecule has 0 fully saturated rings. The first-order chi connectivity index (χ1) is 14.6. The van der Waals surface area contributed by atoms with Crippen molar-refractivity contribution in [3.63, 3.8) is 0 Å². The molecular weight excluding hydrogens is 370 g/mol. The summed E-state index contributed by atoms with van der Waals surface area (Å²) < 4.78 is 5.48. The molecule has 0 bridgehead atoms. The van der Waals surface area contributed by atoms with E-state index in [0.717, 1.165) is 19.3 Å². The second kappa shape index (κ2) is 14.0. The number of benzene rings is 1. The van der Waals surface area contributed by atoms with Crippen LogP contribution in [0.5, 0.6) is 5.75 Å². The fraction of sp³-hybridized carbons (Fsp3) is 0.556. The summed E-state index contributed by atoms with van der Waals surface area (Å²) in [4.78, 5) is 16.7. The molecule has 0 N–H and O–H groups in total. The van der Waals surface area contributed by atoms with Gasteiger partial charge in [0.1, 0.15) is 11.4 Å². The number of unbranched alkanes of at least 4 members (excludes halogenated alkanes) is 7. The molecule has 0 saturated carbocycles. The summed E-state index contributed by atoms with van der Waals surface area (Å²) in [6.45, 7) is 6.71. The lowest BCUT2D eigenvalue weighted by Gasteiger charge is -2.09. The van der Waals surface area contributed by atoms with Crippen LogP contribution in [0.1, 0.15) is 100 Å². The van der Waals surface area contributed by atoms with E-state index < -0.39 is 5.97 Å². The van der Waals surface area contributed by atoms with Gasteiger partial charge in [0, 0.05) is 6.20 Å². The van der Waals surface area contributed by atoms with Gasteiger partial charge < -0.3 is 4.74 Å². The number of pyridine rings is 1. The SMILES string of the molecule is CCCCCCCCCCc1ccc(C(=O)Oc2ccc(C[C@@H](C)CC)cc2)nc1. The Labute approximate surface area is 183 Å². The van der Waals surface area contributed by atoms with E-state index in [2.05, 4.69) is 25.8 Å². The fourth-order valence-corrected chi connectivity index (χ4v) is 3.56. The van der Waals surface area contributed by atoms with Gasteiger partial charge in [-0.15, -0.1) is 0 Å². The quantitative estimate of drug-likeness (QED) is 0.183. The Balaban J connectivity index is 1.71. The standard InChI is InChI=1S/C27H39NO2/c1-4-6-7-8-9-10-11-12-13-24-16-19-26(28-21-24)27(29)30-25-17-14-23(15-18-25)20-22(3)5-2/h14-19,21-22H,4-13,20H2,1-3H3/t22-/m0/s1. The minimum absolute atomic E-state index is 0.360. The molecule has 0 unspecified atom stereocenters. The Morgan fingerprint density at radius 3 is 2.10 bits per heavy atom. The summed E-state index contributed by atoms with van der Waals surface area (Å²) in [5.74, 6) is 0.827. The van der Waals surface area contributed by atoms with E-state index in [0.29, 0.717) is 17.4 Å². The van der Waals surface area contributed by atoms with E-state index in [9.17, 15) is 4.79 Å². The number of hydrogen-bond acceptors (Lipinski definition) is 3. The predicted octanol–water partition coefficient (Wildman–Crippen LogP) is 7.57. The summed E-state index contributed by atoms with van der Waals surface area (Å²) in [7, 11) is 0. The summed E-state index contributed by atoms with van der Waals surface area (Å²) >= 11 is 0. The molecule has 0 saturated heterocycles. The molecule has 0 radical (unpaired) electrons.